The molecule has 0 rings (SSSR count). The summed E-state index contributed by atoms with van der Waals surface area (Å²) in [5.74, 6) is 0. The van der Waals surface area contributed by atoms with Crippen molar-refractivity contribution in [2.24, 2.45) is 0 Å². The summed E-state index contributed by atoms with van der Waals surface area (Å²) in [4.78, 5) is 0. The maximum Gasteiger partial charge on any atom is -0.0169 e. The van der Waals surface area contributed by atoms with E-state index in [1.54, 1.807) is 0 Å². The maximum absolute atomic E-state index is 2.35. The Morgan fingerprint density at radius 1 is 0.476 bits per heavy atom. The summed E-state index contributed by atoms with van der Waals surface area (Å²) in [7, 11) is 0. The third-order valence-corrected chi connectivity index (χ3v) is 3.39. The molecule has 0 heterocycles. The van der Waals surface area contributed by atoms with E-state index in [9.17, 15) is 0 Å². The van der Waals surface area contributed by atoms with Crippen LogP contribution in [0.3, 0.4) is 0 Å². The summed E-state index contributed by atoms with van der Waals surface area (Å²) in [6.07, 6.45) is 32.1. The van der Waals surface area contributed by atoms with E-state index in [1.165, 1.54) is 57.8 Å². The Labute approximate surface area is 133 Å². The maximum atomic E-state index is 2.35. The Balaban J connectivity index is 3.25. The van der Waals surface area contributed by atoms with Crippen LogP contribution in [0.2, 0.25) is 0 Å². The van der Waals surface area contributed by atoms with Crippen LogP contribution in [0, 0.1) is 0 Å². The second-order valence-corrected chi connectivity index (χ2v) is 5.53. The molecule has 0 amide bonds. The highest BCUT2D eigenvalue weighted by molar-refractivity contribution is 4.92. The van der Waals surface area contributed by atoms with Crippen molar-refractivity contribution in [3.05, 3.63) is 48.6 Å². The van der Waals surface area contributed by atoms with Gasteiger partial charge in [0.2, 0.25) is 0 Å². The minimum atomic E-state index is 1.10. The van der Waals surface area contributed by atoms with Gasteiger partial charge in [0.25, 0.3) is 0 Å². The van der Waals surface area contributed by atoms with Crippen LogP contribution in [0.25, 0.3) is 0 Å². The van der Waals surface area contributed by atoms with Crippen LogP contribution in [0.1, 0.15) is 84.5 Å². The highest BCUT2D eigenvalue weighted by atomic mass is 13.9. The average molecular weight is 289 g/mol. The van der Waals surface area contributed by atoms with Gasteiger partial charge in [-0.3, -0.25) is 0 Å². The molecule has 21 heavy (non-hydrogen) atoms. The van der Waals surface area contributed by atoms with Crippen LogP contribution in [-0.4, -0.2) is 0 Å². The number of hydrogen-bond donors (Lipinski definition) is 0. The predicted octanol–water partition coefficient (Wildman–Crippen LogP) is 7.54. The predicted molar refractivity (Wildman–Crippen MR) is 98.7 cm³/mol. The molecule has 0 N–H and O–H groups in total. The first-order valence-electron chi connectivity index (χ1n) is 9.01. The van der Waals surface area contributed by atoms with Crippen LogP contribution in [0.5, 0.6) is 0 Å². The molecule has 0 spiro atoms. The summed E-state index contributed by atoms with van der Waals surface area (Å²) in [6.45, 7) is 4.42. The van der Waals surface area contributed by atoms with Crippen molar-refractivity contribution < 1.29 is 0 Å². The van der Waals surface area contributed by atoms with Gasteiger partial charge >= 0.3 is 0 Å². The fourth-order valence-corrected chi connectivity index (χ4v) is 2.07. The van der Waals surface area contributed by atoms with Gasteiger partial charge in [0, 0.05) is 0 Å². The fraction of sp³-hybridized carbons (Fsp3) is 0.619. The van der Waals surface area contributed by atoms with Gasteiger partial charge in [0.15, 0.2) is 0 Å². The van der Waals surface area contributed by atoms with Gasteiger partial charge in [-0.25, -0.2) is 0 Å². The smallest absolute Gasteiger partial charge is 0.0169 e. The van der Waals surface area contributed by atoms with E-state index >= 15 is 0 Å². The number of allylic oxidation sites excluding steroid dienone is 8. The van der Waals surface area contributed by atoms with Gasteiger partial charge in [-0.1, -0.05) is 75.3 Å². The molecule has 0 aromatic rings. The zero-order valence-electron chi connectivity index (χ0n) is 14.4. The van der Waals surface area contributed by atoms with Crippen molar-refractivity contribution in [1.82, 2.24) is 0 Å². The fourth-order valence-electron chi connectivity index (χ4n) is 2.07. The first-order valence-corrected chi connectivity index (χ1v) is 9.01. The topological polar surface area (TPSA) is 0 Å². The first kappa shape index (κ1) is 20.0. The summed E-state index contributed by atoms with van der Waals surface area (Å²) in [5, 5.41) is 0. The second-order valence-electron chi connectivity index (χ2n) is 5.53. The standard InChI is InChI=1S/C21H36/c1-3-5-7-9-11-13-15-17-19-21-20-18-16-14-12-10-8-6-4-2/h5,7,10-13,18,20H,3-4,6,8-9,14-17,19,21H2,1-2H3. The van der Waals surface area contributed by atoms with E-state index in [2.05, 4.69) is 62.5 Å². The molecule has 0 aromatic heterocycles. The zero-order chi connectivity index (χ0) is 15.4. The molecule has 0 aromatic carbocycles. The number of unbranched alkanes of at least 4 members (excludes halogenated alkanes) is 6. The van der Waals surface area contributed by atoms with E-state index in [4.69, 9.17) is 0 Å². The normalized spacial score (nSPS) is 12.7. The lowest BCUT2D eigenvalue weighted by Gasteiger charge is -1.93. The van der Waals surface area contributed by atoms with Crippen LogP contribution in [0.15, 0.2) is 48.6 Å². The molecular weight excluding hydrogens is 252 g/mol. The van der Waals surface area contributed by atoms with E-state index in [-0.39, 0.29) is 0 Å². The lowest BCUT2D eigenvalue weighted by molar-refractivity contribution is 0.759. The third kappa shape index (κ3) is 19.0. The minimum Gasteiger partial charge on any atom is -0.0885 e. The largest absolute Gasteiger partial charge is 0.0885 e. The highest BCUT2D eigenvalue weighted by Crippen LogP contribution is 2.04. The quantitative estimate of drug-likeness (QED) is 0.229. The Kier molecular flexibility index (Phi) is 18.0. The van der Waals surface area contributed by atoms with Crippen LogP contribution >= 0.6 is 0 Å². The molecule has 0 bridgehead atoms. The van der Waals surface area contributed by atoms with Crippen molar-refractivity contribution in [2.75, 3.05) is 0 Å². The summed E-state index contributed by atoms with van der Waals surface area (Å²) >= 11 is 0. The molecular formula is C21H36. The average Bonchev–Trinajstić information content (AvgIpc) is 2.50. The van der Waals surface area contributed by atoms with E-state index in [0.29, 0.717) is 0 Å². The van der Waals surface area contributed by atoms with Gasteiger partial charge in [-0.05, 0) is 57.8 Å². The van der Waals surface area contributed by atoms with Gasteiger partial charge < -0.3 is 0 Å². The van der Waals surface area contributed by atoms with Crippen LogP contribution < -0.4 is 0 Å². The molecule has 120 valence electrons. The van der Waals surface area contributed by atoms with E-state index in [0.717, 1.165) is 12.8 Å². The Bertz CT molecular complexity index is 291. The lowest BCUT2D eigenvalue weighted by Crippen LogP contribution is -1.73. The number of hydrogen-bond acceptors (Lipinski definition) is 0. The van der Waals surface area contributed by atoms with E-state index < -0.39 is 0 Å². The van der Waals surface area contributed by atoms with Crippen LogP contribution in [-0.2, 0) is 0 Å². The summed E-state index contributed by atoms with van der Waals surface area (Å²) in [5.41, 5.74) is 0. The van der Waals surface area contributed by atoms with Gasteiger partial charge in [-0.2, -0.15) is 0 Å². The van der Waals surface area contributed by atoms with E-state index in [1.807, 2.05) is 0 Å². The lowest BCUT2D eigenvalue weighted by atomic mass is 10.1. The van der Waals surface area contributed by atoms with Crippen molar-refractivity contribution in [3.8, 4) is 0 Å². The molecule has 0 saturated carbocycles. The first-order chi connectivity index (χ1) is 10.4. The SMILES string of the molecule is CCC=CCC=CCCCCC=CCCC=CCCCC. The van der Waals surface area contributed by atoms with Crippen molar-refractivity contribution in [2.45, 2.75) is 84.5 Å². The summed E-state index contributed by atoms with van der Waals surface area (Å²) in [6, 6.07) is 0. The van der Waals surface area contributed by atoms with Crippen molar-refractivity contribution in [3.63, 3.8) is 0 Å². The molecule has 0 heteroatoms. The molecule has 0 radical (unpaired) electrons. The Hall–Kier alpha value is -1.04. The second kappa shape index (κ2) is 19.0. The molecule has 0 aliphatic heterocycles. The molecule has 0 atom stereocenters. The van der Waals surface area contributed by atoms with Crippen molar-refractivity contribution >= 4 is 0 Å². The molecule has 0 saturated heterocycles. The van der Waals surface area contributed by atoms with Gasteiger partial charge in [0.05, 0.1) is 0 Å². The molecule has 0 fully saturated rings. The third-order valence-electron chi connectivity index (χ3n) is 3.39. The van der Waals surface area contributed by atoms with Gasteiger partial charge in [-0.15, -0.1) is 0 Å². The number of rotatable bonds is 14. The molecule has 0 aliphatic carbocycles. The van der Waals surface area contributed by atoms with Crippen molar-refractivity contribution in [1.29, 1.82) is 0 Å². The monoisotopic (exact) mass is 288 g/mol. The zero-order valence-corrected chi connectivity index (χ0v) is 14.4. The molecule has 0 aliphatic rings. The van der Waals surface area contributed by atoms with Crippen LogP contribution in [0.4, 0.5) is 0 Å². The summed E-state index contributed by atoms with van der Waals surface area (Å²) < 4.78 is 0. The molecule has 0 nitrogen and oxygen atoms in total. The van der Waals surface area contributed by atoms with Gasteiger partial charge in [0.1, 0.15) is 0 Å². The Morgan fingerprint density at radius 3 is 1.52 bits per heavy atom. The molecule has 0 unspecified atom stereocenters. The highest BCUT2D eigenvalue weighted by Gasteiger charge is 1.84. The minimum absolute atomic E-state index is 1.10. The Morgan fingerprint density at radius 2 is 0.952 bits per heavy atom.